The van der Waals surface area contributed by atoms with Crippen LogP contribution in [0.5, 0.6) is 5.75 Å². The van der Waals surface area contributed by atoms with Gasteiger partial charge in [-0.3, -0.25) is 4.79 Å². The zero-order valence-electron chi connectivity index (χ0n) is 15.3. The van der Waals surface area contributed by atoms with E-state index in [1.165, 1.54) is 25.1 Å². The minimum atomic E-state index is -0.628. The third-order valence-electron chi connectivity index (χ3n) is 4.36. The van der Waals surface area contributed by atoms with E-state index in [-0.39, 0.29) is 16.9 Å². The molecule has 0 N–H and O–H groups in total. The minimum Gasteiger partial charge on any atom is -0.422 e. The van der Waals surface area contributed by atoms with Gasteiger partial charge in [0, 0.05) is 31.5 Å². The van der Waals surface area contributed by atoms with Gasteiger partial charge in [0.15, 0.2) is 11.9 Å². The van der Waals surface area contributed by atoms with Gasteiger partial charge in [0.1, 0.15) is 11.3 Å². The number of ether oxygens (including phenoxy) is 1. The van der Waals surface area contributed by atoms with Crippen molar-refractivity contribution in [3.8, 4) is 5.75 Å². The highest BCUT2D eigenvalue weighted by Crippen LogP contribution is 2.29. The van der Waals surface area contributed by atoms with Gasteiger partial charge in [-0.1, -0.05) is 30.3 Å². The van der Waals surface area contributed by atoms with E-state index in [1.54, 1.807) is 6.07 Å². The van der Waals surface area contributed by atoms with Gasteiger partial charge in [0.25, 0.3) is 0 Å². The molecule has 0 spiro atoms. The highest BCUT2D eigenvalue weighted by atomic mass is 16.6. The number of carbonyl (C=O) groups excluding carboxylic acids is 2. The maximum Gasteiger partial charge on any atom is 0.414 e. The number of nitrogens with zero attached hydrogens (tertiary/aromatic N) is 1. The highest BCUT2D eigenvalue weighted by molar-refractivity contribution is 5.99. The van der Waals surface area contributed by atoms with E-state index in [0.717, 1.165) is 11.1 Å². The number of hydrogen-bond donors (Lipinski definition) is 0. The van der Waals surface area contributed by atoms with Crippen LogP contribution in [0.4, 0.5) is 4.79 Å². The molecule has 0 saturated carbocycles. The second kappa shape index (κ2) is 7.45. The number of aldehydes is 1. The third-order valence-corrected chi connectivity index (χ3v) is 4.36. The summed E-state index contributed by atoms with van der Waals surface area (Å²) in [7, 11) is 3.06. The summed E-state index contributed by atoms with van der Waals surface area (Å²) in [5, 5.41) is 0.632. The second-order valence-electron chi connectivity index (χ2n) is 6.39. The Hall–Kier alpha value is -3.41. The van der Waals surface area contributed by atoms with Gasteiger partial charge in [0.05, 0.1) is 0 Å². The van der Waals surface area contributed by atoms with Gasteiger partial charge in [-0.05, 0) is 30.2 Å². The molecule has 0 radical (unpaired) electrons. The molecule has 0 fully saturated rings. The molecule has 3 aromatic rings. The fraction of sp³-hybridized carbons (Fsp3) is 0.190. The van der Waals surface area contributed by atoms with Crippen molar-refractivity contribution in [3.05, 3.63) is 75.1 Å². The zero-order chi connectivity index (χ0) is 19.6. The SMILES string of the molecule is Cc1c(Cc2ccccc2)c(=O)oc2c(C=O)c(OC(=O)N(C)C)ccc12. The maximum absolute atomic E-state index is 12.6. The van der Waals surface area contributed by atoms with Crippen LogP contribution in [0.2, 0.25) is 0 Å². The van der Waals surface area contributed by atoms with Crippen molar-refractivity contribution in [2.75, 3.05) is 14.1 Å². The van der Waals surface area contributed by atoms with Crippen molar-refractivity contribution >= 4 is 23.3 Å². The van der Waals surface area contributed by atoms with Gasteiger partial charge in [-0.2, -0.15) is 0 Å². The Morgan fingerprint density at radius 1 is 1.15 bits per heavy atom. The summed E-state index contributed by atoms with van der Waals surface area (Å²) in [4.78, 5) is 37.2. The van der Waals surface area contributed by atoms with Gasteiger partial charge in [-0.15, -0.1) is 0 Å². The molecule has 3 rings (SSSR count). The molecule has 27 heavy (non-hydrogen) atoms. The monoisotopic (exact) mass is 365 g/mol. The van der Waals surface area contributed by atoms with Crippen LogP contribution in [0.3, 0.4) is 0 Å². The number of rotatable bonds is 4. The van der Waals surface area contributed by atoms with Crippen LogP contribution in [-0.2, 0) is 6.42 Å². The van der Waals surface area contributed by atoms with Crippen LogP contribution in [0.25, 0.3) is 11.0 Å². The first-order valence-electron chi connectivity index (χ1n) is 8.40. The van der Waals surface area contributed by atoms with E-state index in [9.17, 15) is 14.4 Å². The number of benzene rings is 2. The first kappa shape index (κ1) is 18.4. The van der Waals surface area contributed by atoms with Crippen molar-refractivity contribution in [3.63, 3.8) is 0 Å². The Morgan fingerprint density at radius 2 is 1.85 bits per heavy atom. The number of carbonyl (C=O) groups is 2. The molecule has 0 atom stereocenters. The third kappa shape index (κ3) is 3.60. The van der Waals surface area contributed by atoms with Crippen LogP contribution in [-0.4, -0.2) is 31.4 Å². The zero-order valence-corrected chi connectivity index (χ0v) is 15.3. The molecule has 1 amide bonds. The van der Waals surface area contributed by atoms with E-state index < -0.39 is 11.7 Å². The molecule has 6 nitrogen and oxygen atoms in total. The predicted octanol–water partition coefficient (Wildman–Crippen LogP) is 3.57. The smallest absolute Gasteiger partial charge is 0.414 e. The van der Waals surface area contributed by atoms with Crippen molar-refractivity contribution in [1.29, 1.82) is 0 Å². The Labute approximate surface area is 156 Å². The fourth-order valence-electron chi connectivity index (χ4n) is 2.85. The molecule has 0 aliphatic rings. The van der Waals surface area contributed by atoms with Gasteiger partial charge in [0.2, 0.25) is 0 Å². The van der Waals surface area contributed by atoms with Gasteiger partial charge >= 0.3 is 11.7 Å². The first-order chi connectivity index (χ1) is 12.9. The lowest BCUT2D eigenvalue weighted by Gasteiger charge is -2.14. The Balaban J connectivity index is 2.13. The van der Waals surface area contributed by atoms with E-state index in [4.69, 9.17) is 9.15 Å². The summed E-state index contributed by atoms with van der Waals surface area (Å²) in [6.45, 7) is 1.82. The average Bonchev–Trinajstić information content (AvgIpc) is 2.65. The summed E-state index contributed by atoms with van der Waals surface area (Å²) in [5.74, 6) is 0.0505. The first-order valence-corrected chi connectivity index (χ1v) is 8.40. The normalized spacial score (nSPS) is 10.6. The molecular formula is C21H19NO5. The number of fused-ring (bicyclic) bond motifs is 1. The lowest BCUT2D eigenvalue weighted by atomic mass is 9.98. The fourth-order valence-corrected chi connectivity index (χ4v) is 2.85. The van der Waals surface area contributed by atoms with E-state index >= 15 is 0 Å². The van der Waals surface area contributed by atoms with Crippen molar-refractivity contribution in [2.45, 2.75) is 13.3 Å². The number of amides is 1. The molecular weight excluding hydrogens is 346 g/mol. The predicted molar refractivity (Wildman–Crippen MR) is 102 cm³/mol. The van der Waals surface area contributed by atoms with Crippen LogP contribution >= 0.6 is 0 Å². The van der Waals surface area contributed by atoms with Gasteiger partial charge < -0.3 is 14.1 Å². The molecule has 1 heterocycles. The lowest BCUT2D eigenvalue weighted by Crippen LogP contribution is -2.25. The highest BCUT2D eigenvalue weighted by Gasteiger charge is 2.19. The molecule has 0 saturated heterocycles. The Morgan fingerprint density at radius 3 is 2.48 bits per heavy atom. The number of hydrogen-bond acceptors (Lipinski definition) is 5. The molecule has 0 bridgehead atoms. The standard InChI is InChI=1S/C21H19NO5/c1-13-15-9-10-18(26-21(25)22(2)3)17(12-23)19(15)27-20(24)16(13)11-14-7-5-4-6-8-14/h4-10,12H,11H2,1-3H3. The maximum atomic E-state index is 12.6. The van der Waals surface area contributed by atoms with Crippen molar-refractivity contribution < 1.29 is 18.7 Å². The Kier molecular flexibility index (Phi) is 5.07. The molecule has 0 aliphatic carbocycles. The summed E-state index contributed by atoms with van der Waals surface area (Å²) < 4.78 is 10.7. The average molecular weight is 365 g/mol. The quantitative estimate of drug-likeness (QED) is 0.522. The van der Waals surface area contributed by atoms with Crippen LogP contribution in [0.15, 0.2) is 51.7 Å². The van der Waals surface area contributed by atoms with E-state index in [2.05, 4.69) is 0 Å². The lowest BCUT2D eigenvalue weighted by molar-refractivity contribution is 0.112. The summed E-state index contributed by atoms with van der Waals surface area (Å²) in [6.07, 6.45) is 0.329. The van der Waals surface area contributed by atoms with Crippen LogP contribution in [0.1, 0.15) is 27.0 Å². The summed E-state index contributed by atoms with van der Waals surface area (Å²) >= 11 is 0. The Bertz CT molecular complexity index is 1070. The molecule has 1 aromatic heterocycles. The molecule has 6 heteroatoms. The largest absolute Gasteiger partial charge is 0.422 e. The second-order valence-corrected chi connectivity index (χ2v) is 6.39. The molecule has 0 aliphatic heterocycles. The van der Waals surface area contributed by atoms with E-state index in [1.807, 2.05) is 37.3 Å². The minimum absolute atomic E-state index is 0.0363. The molecule has 0 unspecified atom stereocenters. The summed E-state index contributed by atoms with van der Waals surface area (Å²) in [5.41, 5.74) is 1.90. The van der Waals surface area contributed by atoms with Crippen molar-refractivity contribution in [1.82, 2.24) is 4.90 Å². The number of aryl methyl sites for hydroxylation is 1. The van der Waals surface area contributed by atoms with Gasteiger partial charge in [-0.25, -0.2) is 9.59 Å². The van der Waals surface area contributed by atoms with Crippen LogP contribution in [0, 0.1) is 6.92 Å². The molecule has 138 valence electrons. The summed E-state index contributed by atoms with van der Waals surface area (Å²) in [6, 6.07) is 12.8. The molecule has 2 aromatic carbocycles. The topological polar surface area (TPSA) is 76.8 Å². The van der Waals surface area contributed by atoms with E-state index in [0.29, 0.717) is 23.7 Å². The van der Waals surface area contributed by atoms with Crippen LogP contribution < -0.4 is 10.4 Å². The van der Waals surface area contributed by atoms with Crippen molar-refractivity contribution in [2.24, 2.45) is 0 Å².